The van der Waals surface area contributed by atoms with E-state index in [0.29, 0.717) is 31.1 Å². The molecule has 1 aliphatic heterocycles. The Morgan fingerprint density at radius 1 is 1.50 bits per heavy atom. The van der Waals surface area contributed by atoms with E-state index in [0.717, 1.165) is 12.2 Å². The van der Waals surface area contributed by atoms with Crippen LogP contribution in [0.1, 0.15) is 28.0 Å². The van der Waals surface area contributed by atoms with Gasteiger partial charge in [-0.25, -0.2) is 9.37 Å². The number of aromatic nitrogens is 2. The number of hydrogen-bond donors (Lipinski definition) is 1. The molecule has 1 aliphatic rings. The van der Waals surface area contributed by atoms with Gasteiger partial charge in [-0.3, -0.25) is 4.79 Å². The Morgan fingerprint density at radius 3 is 3.08 bits per heavy atom. The van der Waals surface area contributed by atoms with Gasteiger partial charge in [-0.05, 0) is 32.3 Å². The van der Waals surface area contributed by atoms with Crippen molar-refractivity contribution < 1.29 is 13.9 Å². The third-order valence-electron chi connectivity index (χ3n) is 3.86. The maximum Gasteiger partial charge on any atom is 0.254 e. The van der Waals surface area contributed by atoms with Crippen LogP contribution in [0.25, 0.3) is 0 Å². The van der Waals surface area contributed by atoms with Crippen LogP contribution in [0.15, 0.2) is 30.5 Å². The van der Waals surface area contributed by atoms with Crippen molar-refractivity contribution >= 4 is 5.91 Å². The summed E-state index contributed by atoms with van der Waals surface area (Å²) < 4.78 is 19.1. The highest BCUT2D eigenvalue weighted by molar-refractivity contribution is 5.94. The highest BCUT2D eigenvalue weighted by atomic mass is 19.1. The summed E-state index contributed by atoms with van der Waals surface area (Å²) in [5, 5.41) is 0. The van der Waals surface area contributed by atoms with E-state index in [1.807, 2.05) is 19.0 Å². The van der Waals surface area contributed by atoms with E-state index < -0.39 is 5.82 Å². The van der Waals surface area contributed by atoms with E-state index in [2.05, 4.69) is 9.97 Å². The summed E-state index contributed by atoms with van der Waals surface area (Å²) in [6, 6.07) is 5.75. The molecule has 0 unspecified atom stereocenters. The molecule has 1 aromatic carbocycles. The van der Waals surface area contributed by atoms with Crippen molar-refractivity contribution in [2.75, 3.05) is 33.8 Å². The Morgan fingerprint density at radius 2 is 2.33 bits per heavy atom. The Labute approximate surface area is 140 Å². The molecule has 1 fully saturated rings. The van der Waals surface area contributed by atoms with Crippen molar-refractivity contribution in [3.05, 3.63) is 53.4 Å². The Bertz CT molecular complexity index is 716. The number of hydrogen-bond acceptors (Lipinski definition) is 4. The number of nitrogens with zero attached hydrogens (tertiary/aromatic N) is 3. The highest BCUT2D eigenvalue weighted by Crippen LogP contribution is 2.21. The highest BCUT2D eigenvalue weighted by Gasteiger charge is 2.28. The fourth-order valence-corrected chi connectivity index (χ4v) is 2.76. The summed E-state index contributed by atoms with van der Waals surface area (Å²) in [6.07, 6.45) is 1.48. The van der Waals surface area contributed by atoms with Gasteiger partial charge in [0.15, 0.2) is 0 Å². The number of rotatable bonds is 4. The topological polar surface area (TPSA) is 61.5 Å². The summed E-state index contributed by atoms with van der Waals surface area (Å²) in [5.41, 5.74) is 1.34. The molecule has 0 bridgehead atoms. The van der Waals surface area contributed by atoms with Crippen LogP contribution in [-0.4, -0.2) is 59.5 Å². The normalized spacial score (nSPS) is 18.2. The van der Waals surface area contributed by atoms with Gasteiger partial charge in [0.05, 0.1) is 13.2 Å². The molecule has 2 heterocycles. The zero-order valence-electron chi connectivity index (χ0n) is 13.8. The lowest BCUT2D eigenvalue weighted by atomic mass is 10.1. The van der Waals surface area contributed by atoms with Crippen LogP contribution in [0.3, 0.4) is 0 Å². The number of H-pyrrole nitrogens is 1. The minimum Gasteiger partial charge on any atom is -0.367 e. The molecule has 6 nitrogen and oxygen atoms in total. The van der Waals surface area contributed by atoms with Crippen molar-refractivity contribution in [3.63, 3.8) is 0 Å². The smallest absolute Gasteiger partial charge is 0.254 e. The average Bonchev–Trinajstić information content (AvgIpc) is 3.02. The summed E-state index contributed by atoms with van der Waals surface area (Å²) in [6.45, 7) is 2.06. The van der Waals surface area contributed by atoms with Crippen LogP contribution in [0, 0.1) is 5.82 Å². The largest absolute Gasteiger partial charge is 0.367 e. The fourth-order valence-electron chi connectivity index (χ4n) is 2.76. The second kappa shape index (κ2) is 7.11. The van der Waals surface area contributed by atoms with Crippen molar-refractivity contribution in [2.24, 2.45) is 0 Å². The zero-order valence-corrected chi connectivity index (χ0v) is 13.8. The minimum atomic E-state index is -0.412. The molecule has 1 amide bonds. The molecule has 2 aromatic rings. The van der Waals surface area contributed by atoms with E-state index in [1.54, 1.807) is 23.2 Å². The van der Waals surface area contributed by atoms with Gasteiger partial charge in [-0.15, -0.1) is 0 Å². The average molecular weight is 332 g/mol. The minimum absolute atomic E-state index is 0.192. The molecular formula is C17H21FN4O2. The van der Waals surface area contributed by atoms with Gasteiger partial charge in [0, 0.05) is 30.5 Å². The summed E-state index contributed by atoms with van der Waals surface area (Å²) in [7, 11) is 3.97. The molecule has 0 radical (unpaired) electrons. The second-order valence-corrected chi connectivity index (χ2v) is 6.15. The number of carbonyl (C=O) groups excluding carboxylic acids is 1. The molecule has 1 aromatic heterocycles. The molecule has 1 saturated heterocycles. The second-order valence-electron chi connectivity index (χ2n) is 6.15. The van der Waals surface area contributed by atoms with Crippen LogP contribution in [0.2, 0.25) is 0 Å². The predicted molar refractivity (Wildman–Crippen MR) is 87.0 cm³/mol. The lowest BCUT2D eigenvalue weighted by Crippen LogP contribution is -2.42. The lowest BCUT2D eigenvalue weighted by Gasteiger charge is -2.32. The maximum absolute atomic E-state index is 13.3. The quantitative estimate of drug-likeness (QED) is 0.928. The molecule has 24 heavy (non-hydrogen) atoms. The van der Waals surface area contributed by atoms with Crippen molar-refractivity contribution in [2.45, 2.75) is 12.6 Å². The number of carbonyl (C=O) groups is 1. The number of nitrogens with one attached hydrogen (secondary N) is 1. The molecule has 128 valence electrons. The molecule has 0 saturated carbocycles. The van der Waals surface area contributed by atoms with E-state index in [1.165, 1.54) is 12.1 Å². The van der Waals surface area contributed by atoms with Crippen LogP contribution in [0.4, 0.5) is 4.39 Å². The van der Waals surface area contributed by atoms with E-state index in [4.69, 9.17) is 4.74 Å². The number of halogens is 1. The first-order valence-electron chi connectivity index (χ1n) is 7.88. The Kier molecular flexibility index (Phi) is 4.92. The van der Waals surface area contributed by atoms with Gasteiger partial charge in [-0.1, -0.05) is 6.07 Å². The van der Waals surface area contributed by atoms with Gasteiger partial charge in [-0.2, -0.15) is 0 Å². The van der Waals surface area contributed by atoms with E-state index >= 15 is 0 Å². The lowest BCUT2D eigenvalue weighted by molar-refractivity contribution is -0.0265. The van der Waals surface area contributed by atoms with Gasteiger partial charge >= 0.3 is 0 Å². The Hall–Kier alpha value is -2.25. The molecule has 3 rings (SSSR count). The van der Waals surface area contributed by atoms with Crippen molar-refractivity contribution in [1.82, 2.24) is 19.8 Å². The van der Waals surface area contributed by atoms with Crippen LogP contribution in [0.5, 0.6) is 0 Å². The first-order chi connectivity index (χ1) is 11.5. The van der Waals surface area contributed by atoms with Crippen molar-refractivity contribution in [1.29, 1.82) is 0 Å². The molecule has 1 N–H and O–H groups in total. The molecule has 7 heteroatoms. The third-order valence-corrected chi connectivity index (χ3v) is 3.86. The first-order valence-corrected chi connectivity index (χ1v) is 7.88. The molecule has 0 spiro atoms. The van der Waals surface area contributed by atoms with E-state index in [-0.39, 0.29) is 12.0 Å². The van der Waals surface area contributed by atoms with Gasteiger partial charge in [0.25, 0.3) is 5.91 Å². The summed E-state index contributed by atoms with van der Waals surface area (Å²) in [5.74, 6) is 0.108. The third kappa shape index (κ3) is 3.80. The molecule has 0 aliphatic carbocycles. The monoisotopic (exact) mass is 332 g/mol. The summed E-state index contributed by atoms with van der Waals surface area (Å²) >= 11 is 0. The van der Waals surface area contributed by atoms with Crippen LogP contribution >= 0.6 is 0 Å². The zero-order chi connectivity index (χ0) is 17.1. The number of aromatic amines is 1. The first kappa shape index (κ1) is 16.6. The standard InChI is InChI=1S/C17H21FN4O2/c1-21(2)10-14-9-19-16(20-14)15-11-22(6-7-24-15)17(23)12-4-3-5-13(18)8-12/h3-5,8-9,15H,6-7,10-11H2,1-2H3,(H,19,20)/t15-/m1/s1. The SMILES string of the molecule is CN(C)Cc1cnc([C@H]2CN(C(=O)c3cccc(F)c3)CCO2)[nH]1. The molecule has 1 atom stereocenters. The van der Waals surface area contributed by atoms with Gasteiger partial charge in [0.1, 0.15) is 17.7 Å². The van der Waals surface area contributed by atoms with Crippen LogP contribution in [-0.2, 0) is 11.3 Å². The number of benzene rings is 1. The maximum atomic E-state index is 13.3. The summed E-state index contributed by atoms with van der Waals surface area (Å²) in [4.78, 5) is 23.9. The fraction of sp³-hybridized carbons (Fsp3) is 0.412. The van der Waals surface area contributed by atoms with Gasteiger partial charge < -0.3 is 19.5 Å². The predicted octanol–water partition coefficient (Wildman–Crippen LogP) is 1.82. The van der Waals surface area contributed by atoms with E-state index in [9.17, 15) is 9.18 Å². The van der Waals surface area contributed by atoms with Crippen molar-refractivity contribution in [3.8, 4) is 0 Å². The number of imidazole rings is 1. The molecular weight excluding hydrogens is 311 g/mol. The number of morpholine rings is 1. The number of amides is 1. The number of ether oxygens (including phenoxy) is 1. The van der Waals surface area contributed by atoms with Gasteiger partial charge in [0.2, 0.25) is 0 Å². The Balaban J connectivity index is 1.70. The van der Waals surface area contributed by atoms with Crippen LogP contribution < -0.4 is 0 Å².